The highest BCUT2D eigenvalue weighted by Gasteiger charge is 2.28. The standard InChI is InChI=1S/C2H9NO4P/c4-2-1-3-8(5,6)7/h3-7H,1-2H2/q+1. The molecule has 0 amide bonds. The molecule has 5 nitrogen and oxygen atoms in total. The largest absolute Gasteiger partial charge is 0.493 e. The van der Waals surface area contributed by atoms with Crippen LogP contribution in [0.1, 0.15) is 0 Å². The van der Waals surface area contributed by atoms with Crippen LogP contribution >= 0.6 is 8.09 Å². The quantitative estimate of drug-likeness (QED) is 0.300. The van der Waals surface area contributed by atoms with Crippen LogP contribution in [0.2, 0.25) is 0 Å². The van der Waals surface area contributed by atoms with Gasteiger partial charge in [0.15, 0.2) is 0 Å². The lowest BCUT2D eigenvalue weighted by Crippen LogP contribution is -2.18. The molecule has 0 saturated carbocycles. The summed E-state index contributed by atoms with van der Waals surface area (Å²) < 4.78 is 0. The molecule has 0 unspecified atom stereocenters. The second-order valence-corrected chi connectivity index (χ2v) is 2.65. The summed E-state index contributed by atoms with van der Waals surface area (Å²) in [6.07, 6.45) is 0. The van der Waals surface area contributed by atoms with Gasteiger partial charge in [0.05, 0.1) is 13.2 Å². The van der Waals surface area contributed by atoms with Crippen molar-refractivity contribution in [1.29, 1.82) is 0 Å². The Balaban J connectivity index is 3.11. The van der Waals surface area contributed by atoms with Gasteiger partial charge in [0.2, 0.25) is 0 Å². The zero-order valence-electron chi connectivity index (χ0n) is 4.15. The van der Waals surface area contributed by atoms with Gasteiger partial charge >= 0.3 is 8.09 Å². The summed E-state index contributed by atoms with van der Waals surface area (Å²) in [7, 11) is -3.84. The molecule has 0 spiro atoms. The Labute approximate surface area is 47.2 Å². The molecule has 0 saturated heterocycles. The highest BCUT2D eigenvalue weighted by molar-refractivity contribution is 7.56. The first-order valence-electron chi connectivity index (χ1n) is 1.99. The first kappa shape index (κ1) is 8.23. The Morgan fingerprint density at radius 1 is 1.25 bits per heavy atom. The monoisotopic (exact) mass is 142 g/mol. The third-order valence-electron chi connectivity index (χ3n) is 0.436. The van der Waals surface area contributed by atoms with Gasteiger partial charge in [0.25, 0.3) is 0 Å². The number of nitrogens with one attached hydrogen (secondary N) is 1. The van der Waals surface area contributed by atoms with E-state index < -0.39 is 8.09 Å². The first-order valence-corrected chi connectivity index (χ1v) is 3.64. The minimum absolute atomic E-state index is 0.0166. The third-order valence-corrected chi connectivity index (χ3v) is 1.08. The van der Waals surface area contributed by atoms with Crippen molar-refractivity contribution in [2.45, 2.75) is 0 Å². The van der Waals surface area contributed by atoms with E-state index in [-0.39, 0.29) is 13.2 Å². The van der Waals surface area contributed by atoms with Gasteiger partial charge in [-0.3, -0.25) is 0 Å². The topological polar surface area (TPSA) is 93.0 Å². The molecule has 0 atom stereocenters. The SMILES string of the molecule is OCCN[P+](O)(O)O. The van der Waals surface area contributed by atoms with Crippen LogP contribution in [0.25, 0.3) is 0 Å². The molecule has 0 aliphatic heterocycles. The third kappa shape index (κ3) is 6.23. The molecule has 0 aromatic heterocycles. The molecule has 0 aromatic carbocycles. The van der Waals surface area contributed by atoms with E-state index in [1.807, 2.05) is 5.09 Å². The molecule has 50 valence electrons. The zero-order chi connectivity index (χ0) is 6.62. The van der Waals surface area contributed by atoms with Crippen LogP contribution in [0.4, 0.5) is 0 Å². The van der Waals surface area contributed by atoms with Crippen LogP contribution in [-0.4, -0.2) is 32.9 Å². The van der Waals surface area contributed by atoms with Crippen molar-refractivity contribution in [2.24, 2.45) is 0 Å². The summed E-state index contributed by atoms with van der Waals surface area (Å²) in [5.41, 5.74) is 0. The number of aliphatic hydroxyl groups excluding tert-OH is 1. The van der Waals surface area contributed by atoms with Crippen LogP contribution in [-0.2, 0) is 0 Å². The molecule has 5 N–H and O–H groups in total. The fourth-order valence-electron chi connectivity index (χ4n) is 0.200. The summed E-state index contributed by atoms with van der Waals surface area (Å²) in [4.78, 5) is 24.4. The predicted octanol–water partition coefficient (Wildman–Crippen LogP) is -1.78. The van der Waals surface area contributed by atoms with Gasteiger partial charge in [0.1, 0.15) is 0 Å². The molecule has 0 rings (SSSR count). The van der Waals surface area contributed by atoms with Crippen molar-refractivity contribution in [3.8, 4) is 0 Å². The Kier molecular flexibility index (Phi) is 3.39. The fourth-order valence-corrected chi connectivity index (χ4v) is 0.600. The van der Waals surface area contributed by atoms with Gasteiger partial charge in [-0.15, -0.1) is 5.09 Å². The normalized spacial score (nSPS) is 12.0. The number of rotatable bonds is 3. The Morgan fingerprint density at radius 3 is 1.88 bits per heavy atom. The minimum Gasteiger partial charge on any atom is -0.395 e. The smallest absolute Gasteiger partial charge is 0.395 e. The van der Waals surface area contributed by atoms with Gasteiger partial charge < -0.3 is 5.11 Å². The summed E-state index contributed by atoms with van der Waals surface area (Å²) >= 11 is 0. The molecule has 0 radical (unpaired) electrons. The number of aliphatic hydroxyl groups is 1. The van der Waals surface area contributed by atoms with Crippen LogP contribution in [0, 0.1) is 0 Å². The van der Waals surface area contributed by atoms with E-state index in [1.54, 1.807) is 0 Å². The molecular weight excluding hydrogens is 133 g/mol. The summed E-state index contributed by atoms with van der Waals surface area (Å²) in [6.45, 7) is -0.249. The molecule has 0 fully saturated rings. The maximum Gasteiger partial charge on any atom is 0.493 e. The van der Waals surface area contributed by atoms with E-state index >= 15 is 0 Å². The summed E-state index contributed by atoms with van der Waals surface area (Å²) in [6, 6.07) is 0. The van der Waals surface area contributed by atoms with Gasteiger partial charge in [-0.25, -0.2) is 0 Å². The van der Waals surface area contributed by atoms with Crippen molar-refractivity contribution < 1.29 is 19.8 Å². The molecule has 0 heterocycles. The van der Waals surface area contributed by atoms with Crippen LogP contribution in [0.5, 0.6) is 0 Å². The predicted molar refractivity (Wildman–Crippen MR) is 28.7 cm³/mol. The second-order valence-electron chi connectivity index (χ2n) is 1.20. The van der Waals surface area contributed by atoms with Gasteiger partial charge in [-0.05, 0) is 0 Å². The lowest BCUT2D eigenvalue weighted by Gasteiger charge is -2.00. The lowest BCUT2D eigenvalue weighted by molar-refractivity contribution is 0.275. The Bertz CT molecular complexity index is 61.5. The lowest BCUT2D eigenvalue weighted by atomic mass is 10.8. The molecule has 0 aromatic rings. The van der Waals surface area contributed by atoms with E-state index in [9.17, 15) is 0 Å². The van der Waals surface area contributed by atoms with Crippen molar-refractivity contribution in [3.63, 3.8) is 0 Å². The summed E-state index contributed by atoms with van der Waals surface area (Å²) in [5.74, 6) is 0. The Hall–Kier alpha value is 0.230. The van der Waals surface area contributed by atoms with Crippen molar-refractivity contribution >= 4 is 8.09 Å². The van der Waals surface area contributed by atoms with Crippen LogP contribution in [0.15, 0.2) is 0 Å². The van der Waals surface area contributed by atoms with E-state index in [2.05, 4.69) is 0 Å². The van der Waals surface area contributed by atoms with Crippen molar-refractivity contribution in [1.82, 2.24) is 5.09 Å². The van der Waals surface area contributed by atoms with E-state index in [4.69, 9.17) is 19.8 Å². The first-order chi connectivity index (χ1) is 3.56. The molecule has 6 heteroatoms. The van der Waals surface area contributed by atoms with E-state index in [1.165, 1.54) is 0 Å². The molecule has 8 heavy (non-hydrogen) atoms. The maximum absolute atomic E-state index is 8.15. The average Bonchev–Trinajstić information content (AvgIpc) is 1.59. The summed E-state index contributed by atoms with van der Waals surface area (Å²) in [5, 5.41) is 9.95. The van der Waals surface area contributed by atoms with E-state index in [0.717, 1.165) is 0 Å². The number of hydrogen-bond acceptors (Lipinski definition) is 5. The zero-order valence-corrected chi connectivity index (χ0v) is 5.04. The highest BCUT2D eigenvalue weighted by Crippen LogP contribution is 2.37. The van der Waals surface area contributed by atoms with Gasteiger partial charge in [0, 0.05) is 0 Å². The molecule has 0 bridgehead atoms. The molecule has 0 aliphatic carbocycles. The van der Waals surface area contributed by atoms with Crippen LogP contribution < -0.4 is 5.09 Å². The fraction of sp³-hybridized carbons (Fsp3) is 1.00. The van der Waals surface area contributed by atoms with Crippen molar-refractivity contribution in [3.05, 3.63) is 0 Å². The van der Waals surface area contributed by atoms with E-state index in [0.29, 0.717) is 0 Å². The molecular formula is C2H9NO4P+. The van der Waals surface area contributed by atoms with Gasteiger partial charge in [-0.1, -0.05) is 0 Å². The second kappa shape index (κ2) is 3.29. The Morgan fingerprint density at radius 2 is 1.75 bits per heavy atom. The van der Waals surface area contributed by atoms with Crippen LogP contribution in [0.3, 0.4) is 0 Å². The molecule has 0 aliphatic rings. The maximum atomic E-state index is 8.15. The number of hydrogen-bond donors (Lipinski definition) is 5. The van der Waals surface area contributed by atoms with Gasteiger partial charge in [-0.2, -0.15) is 14.7 Å². The average molecular weight is 142 g/mol. The van der Waals surface area contributed by atoms with Crippen molar-refractivity contribution in [2.75, 3.05) is 13.2 Å². The highest BCUT2D eigenvalue weighted by atomic mass is 31.2. The minimum atomic E-state index is -3.84.